The summed E-state index contributed by atoms with van der Waals surface area (Å²) < 4.78 is 21.8. The number of ether oxygens (including phenoxy) is 4. The molecule has 0 saturated carbocycles. The van der Waals surface area contributed by atoms with Gasteiger partial charge in [-0.2, -0.15) is 0 Å². The third kappa shape index (κ3) is 5.77. The first-order chi connectivity index (χ1) is 16.8. The smallest absolute Gasteiger partial charge is 0.295 e. The van der Waals surface area contributed by atoms with E-state index in [0.717, 1.165) is 0 Å². The second-order valence-electron chi connectivity index (χ2n) is 8.68. The van der Waals surface area contributed by atoms with Crippen LogP contribution in [0.25, 0.3) is 5.76 Å². The van der Waals surface area contributed by atoms with Crippen LogP contribution in [0.15, 0.2) is 48.0 Å². The topological polar surface area (TPSA) is 94.5 Å². The molecule has 8 heteroatoms. The summed E-state index contributed by atoms with van der Waals surface area (Å²) in [7, 11) is 4.62. The molecule has 0 aromatic heterocycles. The number of hydrogen-bond acceptors (Lipinski definition) is 7. The highest BCUT2D eigenvalue weighted by Crippen LogP contribution is 2.44. The molecule has 2 aromatic carbocycles. The Balaban J connectivity index is 2.10. The van der Waals surface area contributed by atoms with E-state index in [4.69, 9.17) is 18.9 Å². The first kappa shape index (κ1) is 26.1. The van der Waals surface area contributed by atoms with E-state index >= 15 is 0 Å². The number of hydrogen-bond donors (Lipinski definition) is 1. The summed E-state index contributed by atoms with van der Waals surface area (Å²) in [6.07, 6.45) is 0.522. The molecule has 35 heavy (non-hydrogen) atoms. The highest BCUT2D eigenvalue weighted by Gasteiger charge is 2.47. The lowest BCUT2D eigenvalue weighted by atomic mass is 9.94. The van der Waals surface area contributed by atoms with Crippen molar-refractivity contribution in [3.63, 3.8) is 0 Å². The minimum absolute atomic E-state index is 0.00480. The highest BCUT2D eigenvalue weighted by atomic mass is 16.5. The molecular formula is C27H33NO7. The number of carbonyl (C=O) groups excluding carboxylic acids is 2. The van der Waals surface area contributed by atoms with Gasteiger partial charge in [-0.3, -0.25) is 9.59 Å². The monoisotopic (exact) mass is 483 g/mol. The van der Waals surface area contributed by atoms with Gasteiger partial charge >= 0.3 is 0 Å². The summed E-state index contributed by atoms with van der Waals surface area (Å²) in [5.41, 5.74) is 0.945. The molecule has 1 aliphatic heterocycles. The molecule has 1 N–H and O–H groups in total. The predicted molar refractivity (Wildman–Crippen MR) is 132 cm³/mol. The summed E-state index contributed by atoms with van der Waals surface area (Å²) in [5.74, 6) is 0.330. The number of benzene rings is 2. The fourth-order valence-corrected chi connectivity index (χ4v) is 3.99. The zero-order chi connectivity index (χ0) is 25.5. The van der Waals surface area contributed by atoms with Crippen LogP contribution >= 0.6 is 0 Å². The SMILES string of the molecule is COCCCN1C(=O)C(=O)C(=C(O)c2ccc(OCC(C)C)cc2)C1c1cc(OC)ccc1OC. The number of amides is 1. The van der Waals surface area contributed by atoms with Gasteiger partial charge in [0.1, 0.15) is 23.0 Å². The summed E-state index contributed by atoms with van der Waals surface area (Å²) in [6.45, 7) is 5.36. The van der Waals surface area contributed by atoms with Crippen LogP contribution in [0.4, 0.5) is 0 Å². The van der Waals surface area contributed by atoms with E-state index < -0.39 is 17.7 Å². The molecule has 1 heterocycles. The maximum atomic E-state index is 13.2. The second-order valence-corrected chi connectivity index (χ2v) is 8.68. The maximum Gasteiger partial charge on any atom is 0.295 e. The molecule has 1 fully saturated rings. The van der Waals surface area contributed by atoms with Gasteiger partial charge in [0.05, 0.1) is 32.4 Å². The maximum absolute atomic E-state index is 13.2. The van der Waals surface area contributed by atoms with Gasteiger partial charge in [0.2, 0.25) is 0 Å². The van der Waals surface area contributed by atoms with Crippen LogP contribution in [0.1, 0.15) is 37.4 Å². The molecule has 0 radical (unpaired) electrons. The van der Waals surface area contributed by atoms with Gasteiger partial charge in [0.15, 0.2) is 0 Å². The van der Waals surface area contributed by atoms with Gasteiger partial charge < -0.3 is 29.0 Å². The molecule has 8 nitrogen and oxygen atoms in total. The third-order valence-corrected chi connectivity index (χ3v) is 5.73. The number of methoxy groups -OCH3 is 3. The first-order valence-electron chi connectivity index (χ1n) is 11.5. The van der Waals surface area contributed by atoms with Crippen molar-refractivity contribution >= 4 is 17.4 Å². The van der Waals surface area contributed by atoms with E-state index in [-0.39, 0.29) is 17.9 Å². The van der Waals surface area contributed by atoms with E-state index in [1.54, 1.807) is 49.6 Å². The Labute approximate surface area is 206 Å². The van der Waals surface area contributed by atoms with Crippen LogP contribution in [-0.2, 0) is 14.3 Å². The Bertz CT molecular complexity index is 1080. The van der Waals surface area contributed by atoms with E-state index in [1.807, 2.05) is 0 Å². The first-order valence-corrected chi connectivity index (χ1v) is 11.5. The summed E-state index contributed by atoms with van der Waals surface area (Å²) in [6, 6.07) is 11.1. The van der Waals surface area contributed by atoms with Crippen LogP contribution in [0, 0.1) is 5.92 Å². The number of aliphatic hydroxyl groups is 1. The van der Waals surface area contributed by atoms with Gasteiger partial charge in [-0.1, -0.05) is 13.8 Å². The summed E-state index contributed by atoms with van der Waals surface area (Å²) in [5, 5.41) is 11.3. The van der Waals surface area contributed by atoms with Crippen LogP contribution < -0.4 is 14.2 Å². The van der Waals surface area contributed by atoms with Gasteiger partial charge in [-0.25, -0.2) is 0 Å². The van der Waals surface area contributed by atoms with Crippen molar-refractivity contribution in [2.45, 2.75) is 26.3 Å². The molecule has 0 aliphatic carbocycles. The van der Waals surface area contributed by atoms with Gasteiger partial charge in [-0.15, -0.1) is 0 Å². The second kappa shape index (κ2) is 11.8. The largest absolute Gasteiger partial charge is 0.507 e. The molecule has 1 amide bonds. The lowest BCUT2D eigenvalue weighted by Gasteiger charge is -2.27. The Morgan fingerprint density at radius 1 is 1.00 bits per heavy atom. The third-order valence-electron chi connectivity index (χ3n) is 5.73. The Hall–Kier alpha value is -3.52. The molecule has 1 aliphatic rings. The average molecular weight is 484 g/mol. The minimum atomic E-state index is -0.853. The lowest BCUT2D eigenvalue weighted by molar-refractivity contribution is -0.140. The number of ketones is 1. The Kier molecular flexibility index (Phi) is 8.76. The molecule has 0 spiro atoms. The number of likely N-dealkylation sites (tertiary alicyclic amines) is 1. The van der Waals surface area contributed by atoms with E-state index in [9.17, 15) is 14.7 Å². The van der Waals surface area contributed by atoms with Crippen molar-refractivity contribution in [3.05, 3.63) is 59.2 Å². The molecule has 188 valence electrons. The van der Waals surface area contributed by atoms with E-state index in [0.29, 0.717) is 53.9 Å². The normalized spacial score (nSPS) is 17.2. The van der Waals surface area contributed by atoms with Gasteiger partial charge in [0.25, 0.3) is 11.7 Å². The van der Waals surface area contributed by atoms with Crippen LogP contribution in [0.5, 0.6) is 17.2 Å². The van der Waals surface area contributed by atoms with Gasteiger partial charge in [0, 0.05) is 31.4 Å². The van der Waals surface area contributed by atoms with E-state index in [2.05, 4.69) is 13.8 Å². The number of rotatable bonds is 11. The Morgan fingerprint density at radius 3 is 2.29 bits per heavy atom. The van der Waals surface area contributed by atoms with Crippen molar-refractivity contribution in [2.24, 2.45) is 5.92 Å². The molecular weight excluding hydrogens is 450 g/mol. The minimum Gasteiger partial charge on any atom is -0.507 e. The zero-order valence-electron chi connectivity index (χ0n) is 20.9. The van der Waals surface area contributed by atoms with Crippen molar-refractivity contribution < 1.29 is 33.6 Å². The molecule has 1 atom stereocenters. The standard InChI is InChI=1S/C27H33NO7/c1-17(2)16-35-19-9-7-18(8-10-19)25(29)23-24(21-15-20(33-4)11-12-22(21)34-5)28(13-6-14-32-3)27(31)26(23)30/h7-12,15,17,24,29H,6,13-14,16H2,1-5H3. The van der Waals surface area contributed by atoms with Crippen LogP contribution in [0.2, 0.25) is 0 Å². The number of nitrogens with zero attached hydrogens (tertiary/aromatic N) is 1. The zero-order valence-corrected chi connectivity index (χ0v) is 20.9. The summed E-state index contributed by atoms with van der Waals surface area (Å²) in [4.78, 5) is 27.7. The molecule has 1 unspecified atom stereocenters. The van der Waals surface area contributed by atoms with E-state index in [1.165, 1.54) is 19.1 Å². The van der Waals surface area contributed by atoms with Crippen molar-refractivity contribution in [3.8, 4) is 17.2 Å². The van der Waals surface area contributed by atoms with Crippen LogP contribution in [0.3, 0.4) is 0 Å². The number of aliphatic hydroxyl groups excluding tert-OH is 1. The predicted octanol–water partition coefficient (Wildman–Crippen LogP) is 4.20. The number of Topliss-reactive ketones (excluding diaryl/α,β-unsaturated/α-hetero) is 1. The van der Waals surface area contributed by atoms with Crippen molar-refractivity contribution in [1.29, 1.82) is 0 Å². The van der Waals surface area contributed by atoms with Gasteiger partial charge in [-0.05, 0) is 54.8 Å². The van der Waals surface area contributed by atoms with Crippen LogP contribution in [-0.4, -0.2) is 62.8 Å². The molecule has 2 aromatic rings. The summed E-state index contributed by atoms with van der Waals surface area (Å²) >= 11 is 0. The highest BCUT2D eigenvalue weighted by molar-refractivity contribution is 6.46. The molecule has 0 bridgehead atoms. The average Bonchev–Trinajstić information content (AvgIpc) is 3.12. The molecule has 1 saturated heterocycles. The lowest BCUT2D eigenvalue weighted by Crippen LogP contribution is -2.31. The fourth-order valence-electron chi connectivity index (χ4n) is 3.99. The number of carbonyl (C=O) groups is 2. The fraction of sp³-hybridized carbons (Fsp3) is 0.407. The van der Waals surface area contributed by atoms with Crippen molar-refractivity contribution in [1.82, 2.24) is 4.90 Å². The quantitative estimate of drug-likeness (QED) is 0.222. The van der Waals surface area contributed by atoms with Crippen molar-refractivity contribution in [2.75, 3.05) is 41.1 Å². The Morgan fingerprint density at radius 2 is 1.69 bits per heavy atom. The molecule has 3 rings (SSSR count).